The number of amides is 1. The first-order valence-corrected chi connectivity index (χ1v) is 7.17. The quantitative estimate of drug-likeness (QED) is 0.927. The number of benzene rings is 1. The first-order valence-electron chi connectivity index (χ1n) is 6.41. The summed E-state index contributed by atoms with van der Waals surface area (Å²) >= 11 is 11.8. The Morgan fingerprint density at radius 1 is 1.47 bits per heavy atom. The van der Waals surface area contributed by atoms with Gasteiger partial charge in [0.1, 0.15) is 0 Å². The summed E-state index contributed by atoms with van der Waals surface area (Å²) < 4.78 is 5.55. The van der Waals surface area contributed by atoms with E-state index in [0.29, 0.717) is 16.5 Å². The Morgan fingerprint density at radius 2 is 2.26 bits per heavy atom. The molecule has 0 saturated carbocycles. The molecule has 104 valence electrons. The zero-order valence-corrected chi connectivity index (χ0v) is 12.3. The highest BCUT2D eigenvalue weighted by atomic mass is 35.5. The van der Waals surface area contributed by atoms with Crippen molar-refractivity contribution in [1.29, 1.82) is 0 Å². The van der Waals surface area contributed by atoms with Gasteiger partial charge in [-0.25, -0.2) is 0 Å². The van der Waals surface area contributed by atoms with Crippen molar-refractivity contribution in [2.45, 2.75) is 38.3 Å². The molecule has 0 aromatic heterocycles. The molecule has 1 aromatic rings. The number of nitrogens with one attached hydrogen (secondary N) is 1. The van der Waals surface area contributed by atoms with E-state index in [2.05, 4.69) is 5.32 Å². The molecule has 1 aliphatic rings. The van der Waals surface area contributed by atoms with Gasteiger partial charge in [-0.05, 0) is 37.5 Å². The van der Waals surface area contributed by atoms with Crippen molar-refractivity contribution in [3.8, 4) is 0 Å². The van der Waals surface area contributed by atoms with Crippen LogP contribution in [0.5, 0.6) is 0 Å². The SMILES string of the molecule is CC(NC(=O)Cc1ccc(Cl)c(Cl)c1)C1CCCO1. The van der Waals surface area contributed by atoms with Crippen molar-refractivity contribution < 1.29 is 9.53 Å². The molecule has 1 aromatic carbocycles. The maximum absolute atomic E-state index is 11.9. The van der Waals surface area contributed by atoms with Crippen LogP contribution in [0.15, 0.2) is 18.2 Å². The third kappa shape index (κ3) is 4.10. The lowest BCUT2D eigenvalue weighted by Gasteiger charge is -2.20. The fourth-order valence-electron chi connectivity index (χ4n) is 2.23. The summed E-state index contributed by atoms with van der Waals surface area (Å²) in [5, 5.41) is 3.93. The van der Waals surface area contributed by atoms with Crippen molar-refractivity contribution in [1.82, 2.24) is 5.32 Å². The highest BCUT2D eigenvalue weighted by Crippen LogP contribution is 2.23. The molecule has 3 nitrogen and oxygen atoms in total. The van der Waals surface area contributed by atoms with E-state index in [1.54, 1.807) is 12.1 Å². The third-order valence-corrected chi connectivity index (χ3v) is 4.00. The third-order valence-electron chi connectivity index (χ3n) is 3.26. The molecule has 19 heavy (non-hydrogen) atoms. The van der Waals surface area contributed by atoms with Crippen molar-refractivity contribution in [3.05, 3.63) is 33.8 Å². The van der Waals surface area contributed by atoms with Gasteiger partial charge < -0.3 is 10.1 Å². The van der Waals surface area contributed by atoms with Gasteiger partial charge in [-0.3, -0.25) is 4.79 Å². The Morgan fingerprint density at radius 3 is 2.89 bits per heavy atom. The van der Waals surface area contributed by atoms with Gasteiger partial charge in [0.25, 0.3) is 0 Å². The molecule has 0 aliphatic carbocycles. The number of ether oxygens (including phenoxy) is 1. The van der Waals surface area contributed by atoms with E-state index < -0.39 is 0 Å². The highest BCUT2D eigenvalue weighted by Gasteiger charge is 2.23. The molecular weight excluding hydrogens is 285 g/mol. The molecule has 1 aliphatic heterocycles. The van der Waals surface area contributed by atoms with E-state index >= 15 is 0 Å². The van der Waals surface area contributed by atoms with Gasteiger partial charge in [0.05, 0.1) is 28.6 Å². The van der Waals surface area contributed by atoms with Crippen LogP contribution >= 0.6 is 23.2 Å². The molecular formula is C14H17Cl2NO2. The van der Waals surface area contributed by atoms with E-state index in [1.165, 1.54) is 0 Å². The molecule has 0 spiro atoms. The van der Waals surface area contributed by atoms with Crippen LogP contribution in [0.25, 0.3) is 0 Å². The zero-order chi connectivity index (χ0) is 13.8. The van der Waals surface area contributed by atoms with Crippen LogP contribution in [0.1, 0.15) is 25.3 Å². The Kier molecular flexibility index (Phi) is 5.08. The average Bonchev–Trinajstić information content (AvgIpc) is 2.87. The topological polar surface area (TPSA) is 38.3 Å². The largest absolute Gasteiger partial charge is 0.376 e. The number of hydrogen-bond acceptors (Lipinski definition) is 2. The lowest BCUT2D eigenvalue weighted by atomic mass is 10.1. The maximum Gasteiger partial charge on any atom is 0.224 e. The molecule has 1 heterocycles. The van der Waals surface area contributed by atoms with Crippen LogP contribution in [-0.4, -0.2) is 24.7 Å². The van der Waals surface area contributed by atoms with Crippen molar-refractivity contribution >= 4 is 29.1 Å². The molecule has 1 fully saturated rings. The minimum absolute atomic E-state index is 0.0265. The van der Waals surface area contributed by atoms with Crippen LogP contribution in [0.2, 0.25) is 10.0 Å². The van der Waals surface area contributed by atoms with Gasteiger partial charge >= 0.3 is 0 Å². The second-order valence-electron chi connectivity index (χ2n) is 4.83. The van der Waals surface area contributed by atoms with Crippen LogP contribution in [-0.2, 0) is 16.0 Å². The molecule has 0 radical (unpaired) electrons. The number of carbonyl (C=O) groups is 1. The minimum atomic E-state index is -0.0265. The predicted molar refractivity (Wildman–Crippen MR) is 76.7 cm³/mol. The fourth-order valence-corrected chi connectivity index (χ4v) is 2.55. The maximum atomic E-state index is 11.9. The molecule has 2 rings (SSSR count). The highest BCUT2D eigenvalue weighted by molar-refractivity contribution is 6.42. The van der Waals surface area contributed by atoms with E-state index in [-0.39, 0.29) is 18.1 Å². The van der Waals surface area contributed by atoms with Gasteiger partial charge in [0, 0.05) is 6.61 Å². The second kappa shape index (κ2) is 6.60. The van der Waals surface area contributed by atoms with Crippen LogP contribution in [0.4, 0.5) is 0 Å². The summed E-state index contributed by atoms with van der Waals surface area (Å²) in [6.07, 6.45) is 2.51. The monoisotopic (exact) mass is 301 g/mol. The molecule has 2 atom stereocenters. The van der Waals surface area contributed by atoms with Crippen molar-refractivity contribution in [2.24, 2.45) is 0 Å². The van der Waals surface area contributed by atoms with Crippen LogP contribution < -0.4 is 5.32 Å². The van der Waals surface area contributed by atoms with E-state index in [0.717, 1.165) is 25.0 Å². The number of carbonyl (C=O) groups excluding carboxylic acids is 1. The van der Waals surface area contributed by atoms with Gasteiger partial charge in [0.15, 0.2) is 0 Å². The van der Waals surface area contributed by atoms with Gasteiger partial charge in [0.2, 0.25) is 5.91 Å². The van der Waals surface area contributed by atoms with Gasteiger partial charge in [-0.1, -0.05) is 29.3 Å². The number of rotatable bonds is 4. The van der Waals surface area contributed by atoms with Gasteiger partial charge in [-0.15, -0.1) is 0 Å². The van der Waals surface area contributed by atoms with E-state index in [4.69, 9.17) is 27.9 Å². The second-order valence-corrected chi connectivity index (χ2v) is 5.65. The van der Waals surface area contributed by atoms with Crippen molar-refractivity contribution in [2.75, 3.05) is 6.61 Å². The normalized spacial score (nSPS) is 20.3. The lowest BCUT2D eigenvalue weighted by Crippen LogP contribution is -2.41. The Bertz CT molecular complexity index is 459. The lowest BCUT2D eigenvalue weighted by molar-refractivity contribution is -0.121. The number of halogens is 2. The molecule has 2 unspecified atom stereocenters. The smallest absolute Gasteiger partial charge is 0.224 e. The Balaban J connectivity index is 1.88. The standard InChI is InChI=1S/C14H17Cl2NO2/c1-9(13-3-2-6-19-13)17-14(18)8-10-4-5-11(15)12(16)7-10/h4-5,7,9,13H,2-3,6,8H2,1H3,(H,17,18). The molecule has 1 saturated heterocycles. The zero-order valence-electron chi connectivity index (χ0n) is 10.8. The first kappa shape index (κ1) is 14.6. The summed E-state index contributed by atoms with van der Waals surface area (Å²) in [5.74, 6) is -0.0265. The predicted octanol–water partition coefficient (Wildman–Crippen LogP) is 3.22. The number of hydrogen-bond donors (Lipinski definition) is 1. The summed E-state index contributed by atoms with van der Waals surface area (Å²) in [6, 6.07) is 5.28. The molecule has 0 bridgehead atoms. The van der Waals surface area contributed by atoms with Crippen LogP contribution in [0.3, 0.4) is 0 Å². The summed E-state index contributed by atoms with van der Waals surface area (Å²) in [5.41, 5.74) is 0.853. The molecule has 5 heteroatoms. The van der Waals surface area contributed by atoms with Crippen LogP contribution in [0, 0.1) is 0 Å². The Hall–Kier alpha value is -0.770. The minimum Gasteiger partial charge on any atom is -0.376 e. The fraction of sp³-hybridized carbons (Fsp3) is 0.500. The summed E-state index contributed by atoms with van der Waals surface area (Å²) in [6.45, 7) is 2.76. The summed E-state index contributed by atoms with van der Waals surface area (Å²) in [4.78, 5) is 11.9. The van der Waals surface area contributed by atoms with E-state index in [9.17, 15) is 4.79 Å². The molecule has 1 amide bonds. The van der Waals surface area contributed by atoms with E-state index in [1.807, 2.05) is 13.0 Å². The van der Waals surface area contributed by atoms with Gasteiger partial charge in [-0.2, -0.15) is 0 Å². The average molecular weight is 302 g/mol. The molecule has 1 N–H and O–H groups in total. The van der Waals surface area contributed by atoms with Crippen molar-refractivity contribution in [3.63, 3.8) is 0 Å². The Labute approximate surface area is 123 Å². The first-order chi connectivity index (χ1) is 9.06. The summed E-state index contributed by atoms with van der Waals surface area (Å²) in [7, 11) is 0.